The molecule has 0 aliphatic rings. The van der Waals surface area contributed by atoms with Crippen molar-refractivity contribution in [3.05, 3.63) is 39.7 Å². The molecule has 0 bridgehead atoms. The molecule has 0 fully saturated rings. The fourth-order valence-electron chi connectivity index (χ4n) is 2.56. The van der Waals surface area contributed by atoms with Crippen LogP contribution in [0.4, 0.5) is 5.82 Å². The predicted molar refractivity (Wildman–Crippen MR) is 97.0 cm³/mol. The Morgan fingerprint density at radius 3 is 1.93 bits per heavy atom. The maximum Gasteiger partial charge on any atom is 0.342 e. The number of hydrogen-bond acceptors (Lipinski definition) is 8. The van der Waals surface area contributed by atoms with Crippen molar-refractivity contribution in [3.63, 3.8) is 0 Å². The molecule has 0 aliphatic heterocycles. The zero-order valence-electron chi connectivity index (χ0n) is 14.4. The topological polar surface area (TPSA) is 202 Å². The smallest absolute Gasteiger partial charge is 0.342 e. The number of anilines is 1. The molecule has 11 nitrogen and oxygen atoms in total. The van der Waals surface area contributed by atoms with Gasteiger partial charge in [-0.25, -0.2) is 26.4 Å². The number of H-pyrrole nitrogens is 1. The van der Waals surface area contributed by atoms with Gasteiger partial charge in [0.15, 0.2) is 19.7 Å². The monoisotopic (exact) mass is 430 g/mol. The van der Waals surface area contributed by atoms with Gasteiger partial charge in [-0.3, -0.25) is 4.79 Å². The number of carboxylic acid groups (broad SMARTS) is 2. The highest BCUT2D eigenvalue weighted by atomic mass is 32.2. The fourth-order valence-corrected chi connectivity index (χ4v) is 4.20. The molecular weight excluding hydrogens is 416 g/mol. The molecule has 1 aromatic heterocycles. The molecule has 0 aliphatic carbocycles. The van der Waals surface area contributed by atoms with Gasteiger partial charge in [0, 0.05) is 23.6 Å². The average molecular weight is 430 g/mol. The van der Waals surface area contributed by atoms with Gasteiger partial charge in [0.05, 0.1) is 9.79 Å². The van der Waals surface area contributed by atoms with Crippen LogP contribution in [0.5, 0.6) is 0 Å². The minimum absolute atomic E-state index is 0.400. The van der Waals surface area contributed by atoms with Gasteiger partial charge in [-0.2, -0.15) is 0 Å². The summed E-state index contributed by atoms with van der Waals surface area (Å²) in [6.45, 7) is 0. The summed E-state index contributed by atoms with van der Waals surface area (Å²) < 4.78 is 48.0. The zero-order chi connectivity index (χ0) is 21.6. The Morgan fingerprint density at radius 1 is 0.964 bits per heavy atom. The molecule has 150 valence electrons. The highest BCUT2D eigenvalue weighted by Crippen LogP contribution is 2.35. The molecule has 5 N–H and O–H groups in total. The van der Waals surface area contributed by atoms with E-state index in [-0.39, 0.29) is 0 Å². The highest BCUT2D eigenvalue weighted by molar-refractivity contribution is 7.91. The first-order valence-electron chi connectivity index (χ1n) is 7.23. The second-order valence-electron chi connectivity index (χ2n) is 5.81. The Bertz CT molecular complexity index is 1290. The molecule has 0 spiro atoms. The molecule has 0 atom stereocenters. The number of benzene rings is 1. The molecule has 1 aromatic carbocycles. The fraction of sp³-hybridized carbons (Fsp3) is 0.133. The van der Waals surface area contributed by atoms with Crippen LogP contribution < -0.4 is 11.3 Å². The van der Waals surface area contributed by atoms with Crippen LogP contribution in [0.1, 0.15) is 20.7 Å². The maximum atomic E-state index is 12.2. The lowest BCUT2D eigenvalue weighted by molar-refractivity contribution is 0.0695. The SMILES string of the molecule is CS(=O)(=O)c1ccc(-c2c(C(=O)O)c(N)[nH]c(=O)c2C(=O)O)c(S(C)(=O)=O)c1. The highest BCUT2D eigenvalue weighted by Gasteiger charge is 2.30. The van der Waals surface area contributed by atoms with E-state index in [4.69, 9.17) is 5.73 Å². The Morgan fingerprint density at radius 2 is 1.50 bits per heavy atom. The quantitative estimate of drug-likeness (QED) is 0.493. The number of hydrogen-bond donors (Lipinski definition) is 4. The van der Waals surface area contributed by atoms with E-state index in [1.54, 1.807) is 0 Å². The van der Waals surface area contributed by atoms with Crippen LogP contribution in [-0.2, 0) is 19.7 Å². The Labute approximate surface area is 158 Å². The number of pyridine rings is 1. The lowest BCUT2D eigenvalue weighted by atomic mass is 9.95. The summed E-state index contributed by atoms with van der Waals surface area (Å²) in [6, 6.07) is 2.64. The molecule has 1 heterocycles. The van der Waals surface area contributed by atoms with Crippen LogP contribution in [0.25, 0.3) is 11.1 Å². The van der Waals surface area contributed by atoms with Crippen molar-refractivity contribution in [1.29, 1.82) is 0 Å². The predicted octanol–water partition coefficient (Wildman–Crippen LogP) is -0.172. The third kappa shape index (κ3) is 3.75. The number of aromatic nitrogens is 1. The van der Waals surface area contributed by atoms with Crippen molar-refractivity contribution >= 4 is 37.4 Å². The third-order valence-corrected chi connectivity index (χ3v) is 5.97. The molecule has 2 aromatic rings. The number of sulfone groups is 2. The van der Waals surface area contributed by atoms with Crippen LogP contribution >= 0.6 is 0 Å². The molecular formula is C15H14N2O9S2. The number of nitrogens with two attached hydrogens (primary N) is 1. The summed E-state index contributed by atoms with van der Waals surface area (Å²) in [5, 5.41) is 18.8. The second kappa shape index (κ2) is 6.76. The second-order valence-corrected chi connectivity index (χ2v) is 9.81. The number of nitrogen functional groups attached to an aromatic ring is 1. The summed E-state index contributed by atoms with van der Waals surface area (Å²) in [6.07, 6.45) is 1.54. The minimum Gasteiger partial charge on any atom is -0.478 e. The Kier molecular flexibility index (Phi) is 5.10. The van der Waals surface area contributed by atoms with Gasteiger partial charge in [-0.15, -0.1) is 0 Å². The summed E-state index contributed by atoms with van der Waals surface area (Å²) in [4.78, 5) is 36.1. The van der Waals surface area contributed by atoms with Gasteiger partial charge < -0.3 is 20.9 Å². The molecule has 0 unspecified atom stereocenters. The van der Waals surface area contributed by atoms with Gasteiger partial charge in [0.25, 0.3) is 5.56 Å². The number of nitrogens with one attached hydrogen (secondary N) is 1. The molecule has 13 heteroatoms. The first kappa shape index (κ1) is 21.1. The van der Waals surface area contributed by atoms with Crippen molar-refractivity contribution in [1.82, 2.24) is 4.98 Å². The third-order valence-electron chi connectivity index (χ3n) is 3.72. The van der Waals surface area contributed by atoms with Crippen molar-refractivity contribution in [3.8, 4) is 11.1 Å². The van der Waals surface area contributed by atoms with E-state index in [1.165, 1.54) is 0 Å². The van der Waals surface area contributed by atoms with E-state index >= 15 is 0 Å². The molecule has 0 saturated heterocycles. The molecule has 2 rings (SSSR count). The average Bonchev–Trinajstić information content (AvgIpc) is 2.50. The molecule has 0 amide bonds. The van der Waals surface area contributed by atoms with E-state index in [1.807, 2.05) is 4.98 Å². The molecule has 0 radical (unpaired) electrons. The first-order valence-corrected chi connectivity index (χ1v) is 11.0. The van der Waals surface area contributed by atoms with Gasteiger partial charge in [-0.1, -0.05) is 6.07 Å². The van der Waals surface area contributed by atoms with Gasteiger partial charge >= 0.3 is 11.9 Å². The largest absolute Gasteiger partial charge is 0.478 e. The van der Waals surface area contributed by atoms with E-state index in [0.29, 0.717) is 0 Å². The molecule has 0 saturated carbocycles. The Balaban J connectivity index is 3.19. The lowest BCUT2D eigenvalue weighted by Gasteiger charge is -2.15. The van der Waals surface area contributed by atoms with Crippen LogP contribution in [0.15, 0.2) is 32.8 Å². The first-order chi connectivity index (χ1) is 12.7. The summed E-state index contributed by atoms with van der Waals surface area (Å²) in [7, 11) is -8.02. The summed E-state index contributed by atoms with van der Waals surface area (Å²) in [5.74, 6) is -4.24. The normalized spacial score (nSPS) is 11.9. The molecule has 28 heavy (non-hydrogen) atoms. The van der Waals surface area contributed by atoms with Crippen LogP contribution in [0.2, 0.25) is 0 Å². The van der Waals surface area contributed by atoms with Gasteiger partial charge in [-0.05, 0) is 12.1 Å². The van der Waals surface area contributed by atoms with Crippen molar-refractivity contribution < 1.29 is 36.6 Å². The van der Waals surface area contributed by atoms with Gasteiger partial charge in [0.2, 0.25) is 0 Å². The number of carbonyl (C=O) groups is 2. The number of aromatic carboxylic acids is 2. The van der Waals surface area contributed by atoms with E-state index in [2.05, 4.69) is 0 Å². The Hall–Kier alpha value is -3.19. The zero-order valence-corrected chi connectivity index (χ0v) is 16.0. The summed E-state index contributed by atoms with van der Waals surface area (Å²) >= 11 is 0. The summed E-state index contributed by atoms with van der Waals surface area (Å²) in [5.41, 5.74) is 1.14. The number of aromatic amines is 1. The van der Waals surface area contributed by atoms with E-state index in [9.17, 15) is 41.4 Å². The number of carboxylic acids is 2. The van der Waals surface area contributed by atoms with Crippen molar-refractivity contribution in [2.45, 2.75) is 9.79 Å². The van der Waals surface area contributed by atoms with Crippen molar-refractivity contribution in [2.24, 2.45) is 0 Å². The van der Waals surface area contributed by atoms with Crippen LogP contribution in [-0.4, -0.2) is 56.5 Å². The lowest BCUT2D eigenvalue weighted by Crippen LogP contribution is -2.24. The maximum absolute atomic E-state index is 12.2. The van der Waals surface area contributed by atoms with Crippen molar-refractivity contribution in [2.75, 3.05) is 18.2 Å². The van der Waals surface area contributed by atoms with E-state index < -0.39 is 75.0 Å². The number of rotatable bonds is 5. The van der Waals surface area contributed by atoms with E-state index in [0.717, 1.165) is 30.7 Å². The van der Waals surface area contributed by atoms with Crippen LogP contribution in [0.3, 0.4) is 0 Å². The van der Waals surface area contributed by atoms with Crippen LogP contribution in [0, 0.1) is 0 Å². The van der Waals surface area contributed by atoms with Gasteiger partial charge in [0.1, 0.15) is 16.9 Å². The standard InChI is InChI=1S/C15H14N2O9S2/c1-27(23,24)6-3-4-7(8(5-6)28(2,25)26)9-10(14(19)20)12(16)17-13(18)11(9)15(21)22/h3-5H,1-2H3,(H,19,20)(H,21,22)(H3,16,17,18). The minimum atomic E-state index is -4.18.